The molecule has 166 valence electrons. The maximum Gasteiger partial charge on any atom is 0.320 e. The summed E-state index contributed by atoms with van der Waals surface area (Å²) in [7, 11) is 1.45. The van der Waals surface area contributed by atoms with Gasteiger partial charge in [0, 0.05) is 13.0 Å². The van der Waals surface area contributed by atoms with E-state index in [1.54, 1.807) is 6.07 Å². The minimum Gasteiger partial charge on any atom is -0.467 e. The molecule has 0 amide bonds. The first kappa shape index (κ1) is 20.6. The van der Waals surface area contributed by atoms with Crippen LogP contribution in [0, 0.1) is 11.6 Å². The van der Waals surface area contributed by atoms with Crippen LogP contribution in [0.25, 0.3) is 33.3 Å². The number of imidazole rings is 1. The summed E-state index contributed by atoms with van der Waals surface area (Å²) in [6.07, 6.45) is 1.72. The molecule has 2 N–H and O–H groups in total. The van der Waals surface area contributed by atoms with Crippen LogP contribution in [-0.4, -0.2) is 33.6 Å². The Hall–Kier alpha value is -4.34. The number of anilines is 1. The van der Waals surface area contributed by atoms with Gasteiger partial charge in [-0.1, -0.05) is 18.2 Å². The summed E-state index contributed by atoms with van der Waals surface area (Å²) < 4.78 is 39.4. The fourth-order valence-electron chi connectivity index (χ4n) is 3.68. The molecule has 0 aliphatic heterocycles. The first-order valence-electron chi connectivity index (χ1n) is 10.0. The molecule has 10 heteroatoms. The number of ether oxygens (including phenoxy) is 1. The monoisotopic (exact) mass is 449 g/mol. The summed E-state index contributed by atoms with van der Waals surface area (Å²) in [6.45, 7) is 0.292. The average molecular weight is 449 g/mol. The quantitative estimate of drug-likeness (QED) is 0.403. The van der Waals surface area contributed by atoms with Crippen molar-refractivity contribution < 1.29 is 17.9 Å². The molecule has 0 bridgehead atoms. The smallest absolute Gasteiger partial charge is 0.320 e. The molecule has 5 aromatic rings. The van der Waals surface area contributed by atoms with Crippen molar-refractivity contribution in [1.82, 2.24) is 19.9 Å². The number of halogens is 2. The van der Waals surface area contributed by atoms with Crippen molar-refractivity contribution in [1.29, 1.82) is 0 Å². The number of H-pyrrole nitrogens is 1. The van der Waals surface area contributed by atoms with Crippen molar-refractivity contribution in [2.75, 3.05) is 19.0 Å². The molecule has 0 aliphatic rings. The van der Waals surface area contributed by atoms with Crippen LogP contribution < -0.4 is 15.5 Å². The lowest BCUT2D eigenvalue weighted by molar-refractivity contribution is 0.382. The molecule has 3 heterocycles. The lowest BCUT2D eigenvalue weighted by Gasteiger charge is -2.12. The van der Waals surface area contributed by atoms with Crippen molar-refractivity contribution >= 4 is 28.0 Å². The van der Waals surface area contributed by atoms with E-state index in [2.05, 4.69) is 25.3 Å². The van der Waals surface area contributed by atoms with Gasteiger partial charge in [0.15, 0.2) is 11.5 Å². The van der Waals surface area contributed by atoms with Gasteiger partial charge in [-0.3, -0.25) is 4.79 Å². The van der Waals surface area contributed by atoms with Crippen molar-refractivity contribution in [2.45, 2.75) is 6.42 Å². The van der Waals surface area contributed by atoms with E-state index in [1.165, 1.54) is 49.8 Å². The van der Waals surface area contributed by atoms with Crippen molar-refractivity contribution in [3.8, 4) is 17.1 Å². The van der Waals surface area contributed by atoms with Gasteiger partial charge in [-0.25, -0.2) is 13.8 Å². The minimum atomic E-state index is -0.696. The summed E-state index contributed by atoms with van der Waals surface area (Å²) in [5.41, 5.74) is 0.995. The summed E-state index contributed by atoms with van der Waals surface area (Å²) in [5.74, 6) is -0.466. The lowest BCUT2D eigenvalue weighted by Crippen LogP contribution is -2.14. The molecule has 0 aliphatic carbocycles. The highest BCUT2D eigenvalue weighted by Crippen LogP contribution is 2.27. The molecular weight excluding hydrogens is 432 g/mol. The minimum absolute atomic E-state index is 0.112. The number of fused-ring (bicyclic) bond motifs is 2. The van der Waals surface area contributed by atoms with Gasteiger partial charge < -0.3 is 19.5 Å². The number of hydrogen-bond acceptors (Lipinski definition) is 7. The van der Waals surface area contributed by atoms with E-state index >= 15 is 0 Å². The van der Waals surface area contributed by atoms with Crippen LogP contribution in [0.4, 0.5) is 14.6 Å². The SMILES string of the molecule is COc1nc(NCCc2oc3cccc(F)c3c(=O)c2-c2cccc(F)c2)c2[nH]cnc2n1. The molecule has 0 spiro atoms. The van der Waals surface area contributed by atoms with Gasteiger partial charge in [0.05, 0.1) is 19.0 Å². The number of nitrogens with one attached hydrogen (secondary N) is 2. The van der Waals surface area contributed by atoms with Crippen LogP contribution >= 0.6 is 0 Å². The molecule has 33 heavy (non-hydrogen) atoms. The first-order chi connectivity index (χ1) is 16.0. The zero-order chi connectivity index (χ0) is 22.9. The van der Waals surface area contributed by atoms with E-state index in [1.807, 2.05) is 0 Å². The fourth-order valence-corrected chi connectivity index (χ4v) is 3.68. The summed E-state index contributed by atoms with van der Waals surface area (Å²) in [5, 5.41) is 2.98. The van der Waals surface area contributed by atoms with Crippen LogP contribution in [0.15, 0.2) is 58.0 Å². The molecule has 0 unspecified atom stereocenters. The van der Waals surface area contributed by atoms with Crippen molar-refractivity contribution in [3.05, 3.63) is 76.4 Å². The Bertz CT molecular complexity index is 1550. The Kier molecular flexibility index (Phi) is 5.17. The third-order valence-corrected chi connectivity index (χ3v) is 5.15. The second kappa shape index (κ2) is 8.30. The van der Waals surface area contributed by atoms with Crippen LogP contribution in [0.2, 0.25) is 0 Å². The number of aromatic amines is 1. The summed E-state index contributed by atoms with van der Waals surface area (Å²) in [4.78, 5) is 28.8. The van der Waals surface area contributed by atoms with Crippen molar-refractivity contribution in [3.63, 3.8) is 0 Å². The van der Waals surface area contributed by atoms with Crippen molar-refractivity contribution in [2.24, 2.45) is 0 Å². The first-order valence-corrected chi connectivity index (χ1v) is 10.0. The standard InChI is InChI=1S/C23H17F2N5O3/c1-32-23-29-21(19-22(30-23)28-11-27-19)26-9-8-16-17(12-4-2-5-13(24)10-12)20(31)18-14(25)6-3-7-15(18)33-16/h2-7,10-11H,8-9H2,1H3,(H2,26,27,28,29,30). The molecule has 0 radical (unpaired) electrons. The van der Waals surface area contributed by atoms with E-state index in [-0.39, 0.29) is 34.7 Å². The Labute approximate surface area is 185 Å². The largest absolute Gasteiger partial charge is 0.467 e. The van der Waals surface area contributed by atoms with Crippen LogP contribution in [-0.2, 0) is 6.42 Å². The van der Waals surface area contributed by atoms with E-state index in [4.69, 9.17) is 9.15 Å². The highest BCUT2D eigenvalue weighted by atomic mass is 19.1. The number of benzene rings is 2. The molecule has 0 atom stereocenters. The molecular formula is C23H17F2N5O3. The fraction of sp³-hybridized carbons (Fsp3) is 0.130. The summed E-state index contributed by atoms with van der Waals surface area (Å²) in [6, 6.07) is 9.88. The maximum atomic E-state index is 14.4. The Balaban J connectivity index is 1.55. The maximum absolute atomic E-state index is 14.4. The van der Waals surface area contributed by atoms with Gasteiger partial charge in [0.2, 0.25) is 5.43 Å². The predicted octanol–water partition coefficient (Wildman–Crippen LogP) is 4.07. The molecule has 0 saturated carbocycles. The van der Waals surface area contributed by atoms with E-state index in [0.29, 0.717) is 29.1 Å². The van der Waals surface area contributed by atoms with E-state index in [0.717, 1.165) is 0 Å². The Morgan fingerprint density at radius 1 is 1.15 bits per heavy atom. The number of hydrogen-bond donors (Lipinski definition) is 2. The van der Waals surface area contributed by atoms with E-state index < -0.39 is 17.1 Å². The Morgan fingerprint density at radius 3 is 2.82 bits per heavy atom. The average Bonchev–Trinajstić information content (AvgIpc) is 3.28. The molecule has 0 saturated heterocycles. The van der Waals surface area contributed by atoms with Crippen LogP contribution in [0.1, 0.15) is 5.76 Å². The molecule has 3 aromatic heterocycles. The second-order valence-corrected chi connectivity index (χ2v) is 7.19. The third-order valence-electron chi connectivity index (χ3n) is 5.15. The number of aromatic nitrogens is 4. The molecule has 0 fully saturated rings. The van der Waals surface area contributed by atoms with Gasteiger partial charge in [-0.05, 0) is 29.8 Å². The molecule has 8 nitrogen and oxygen atoms in total. The highest BCUT2D eigenvalue weighted by Gasteiger charge is 2.19. The van der Waals surface area contributed by atoms with Gasteiger partial charge in [0.25, 0.3) is 0 Å². The van der Waals surface area contributed by atoms with Gasteiger partial charge in [-0.15, -0.1) is 0 Å². The predicted molar refractivity (Wildman–Crippen MR) is 118 cm³/mol. The number of rotatable bonds is 6. The second-order valence-electron chi connectivity index (χ2n) is 7.19. The highest BCUT2D eigenvalue weighted by molar-refractivity contribution is 5.84. The van der Waals surface area contributed by atoms with Crippen LogP contribution in [0.5, 0.6) is 6.01 Å². The van der Waals surface area contributed by atoms with Gasteiger partial charge in [0.1, 0.15) is 33.9 Å². The van der Waals surface area contributed by atoms with Crippen LogP contribution in [0.3, 0.4) is 0 Å². The number of nitrogens with zero attached hydrogens (tertiary/aromatic N) is 3. The molecule has 2 aromatic carbocycles. The molecule has 5 rings (SSSR count). The Morgan fingerprint density at radius 2 is 2.00 bits per heavy atom. The third kappa shape index (κ3) is 3.75. The summed E-state index contributed by atoms with van der Waals surface area (Å²) >= 11 is 0. The zero-order valence-corrected chi connectivity index (χ0v) is 17.4. The van der Waals surface area contributed by atoms with Gasteiger partial charge in [-0.2, -0.15) is 9.97 Å². The zero-order valence-electron chi connectivity index (χ0n) is 17.4. The topological polar surface area (TPSA) is 106 Å². The van der Waals surface area contributed by atoms with Gasteiger partial charge >= 0.3 is 6.01 Å². The van der Waals surface area contributed by atoms with E-state index in [9.17, 15) is 13.6 Å². The normalized spacial score (nSPS) is 11.2. The number of methoxy groups -OCH3 is 1. The lowest BCUT2D eigenvalue weighted by atomic mass is 10.0.